The molecule has 0 atom stereocenters. The van der Waals surface area contributed by atoms with Crippen LogP contribution >= 0.6 is 0 Å². The van der Waals surface area contributed by atoms with Crippen molar-refractivity contribution >= 4 is 5.78 Å². The lowest BCUT2D eigenvalue weighted by Crippen LogP contribution is -2.11. The first-order valence-corrected chi connectivity index (χ1v) is 7.20. The van der Waals surface area contributed by atoms with Crippen LogP contribution in [0.2, 0.25) is 0 Å². The van der Waals surface area contributed by atoms with E-state index in [0.29, 0.717) is 17.9 Å². The monoisotopic (exact) mass is 284 g/mol. The molecule has 2 aromatic carbocycles. The first-order valence-electron chi connectivity index (χ1n) is 7.20. The van der Waals surface area contributed by atoms with E-state index in [-0.39, 0.29) is 12.4 Å². The van der Waals surface area contributed by atoms with Crippen molar-refractivity contribution in [2.75, 3.05) is 13.2 Å². The van der Waals surface area contributed by atoms with Crippen LogP contribution in [0.3, 0.4) is 0 Å². The third kappa shape index (κ3) is 4.35. The average Bonchev–Trinajstić information content (AvgIpc) is 2.54. The number of benzene rings is 2. The quantitative estimate of drug-likeness (QED) is 0.723. The Hall–Kier alpha value is -2.29. The number of rotatable bonds is 7. The Balaban J connectivity index is 1.90. The molecule has 2 rings (SSSR count). The summed E-state index contributed by atoms with van der Waals surface area (Å²) in [4.78, 5) is 12.0. The molecule has 0 bridgehead atoms. The van der Waals surface area contributed by atoms with Gasteiger partial charge < -0.3 is 9.47 Å². The number of ketones is 1. The maximum Gasteiger partial charge on any atom is 0.200 e. The summed E-state index contributed by atoms with van der Waals surface area (Å²) in [7, 11) is 0. The van der Waals surface area contributed by atoms with Gasteiger partial charge in [0.15, 0.2) is 12.4 Å². The maximum absolute atomic E-state index is 12.0. The third-order valence-electron chi connectivity index (χ3n) is 3.19. The zero-order valence-electron chi connectivity index (χ0n) is 12.5. The molecule has 0 radical (unpaired) electrons. The summed E-state index contributed by atoms with van der Waals surface area (Å²) in [6.07, 6.45) is 0.969. The minimum Gasteiger partial charge on any atom is -0.494 e. The molecule has 0 heterocycles. The van der Waals surface area contributed by atoms with Gasteiger partial charge in [-0.15, -0.1) is 0 Å². The summed E-state index contributed by atoms with van der Waals surface area (Å²) in [5.41, 5.74) is 1.90. The van der Waals surface area contributed by atoms with Crippen molar-refractivity contribution in [3.8, 4) is 11.5 Å². The third-order valence-corrected chi connectivity index (χ3v) is 3.19. The van der Waals surface area contributed by atoms with Crippen LogP contribution in [0.25, 0.3) is 0 Å². The normalized spacial score (nSPS) is 10.2. The van der Waals surface area contributed by atoms with Gasteiger partial charge in [-0.1, -0.05) is 31.2 Å². The highest BCUT2D eigenvalue weighted by atomic mass is 16.5. The molecule has 3 heteroatoms. The van der Waals surface area contributed by atoms with E-state index >= 15 is 0 Å². The molecular weight excluding hydrogens is 264 g/mol. The van der Waals surface area contributed by atoms with Gasteiger partial charge in [0.25, 0.3) is 0 Å². The van der Waals surface area contributed by atoms with Crippen LogP contribution in [0.4, 0.5) is 0 Å². The molecule has 21 heavy (non-hydrogen) atoms. The van der Waals surface area contributed by atoms with E-state index in [1.807, 2.05) is 43.3 Å². The number of carbonyl (C=O) groups is 1. The molecular formula is C18H20O3. The fourth-order valence-corrected chi connectivity index (χ4v) is 1.96. The Kier molecular flexibility index (Phi) is 5.38. The first-order chi connectivity index (χ1) is 10.2. The molecule has 0 aromatic heterocycles. The molecule has 0 aliphatic rings. The molecule has 0 saturated heterocycles. The van der Waals surface area contributed by atoms with Crippen molar-refractivity contribution in [1.82, 2.24) is 0 Å². The largest absolute Gasteiger partial charge is 0.494 e. The van der Waals surface area contributed by atoms with Gasteiger partial charge in [0.1, 0.15) is 11.5 Å². The topological polar surface area (TPSA) is 35.5 Å². The maximum atomic E-state index is 12.0. The number of hydrogen-bond acceptors (Lipinski definition) is 3. The fourth-order valence-electron chi connectivity index (χ4n) is 1.96. The van der Waals surface area contributed by atoms with E-state index in [2.05, 4.69) is 6.92 Å². The zero-order chi connectivity index (χ0) is 15.1. The van der Waals surface area contributed by atoms with Crippen molar-refractivity contribution in [2.45, 2.75) is 20.3 Å². The summed E-state index contributed by atoms with van der Waals surface area (Å²) >= 11 is 0. The Morgan fingerprint density at radius 1 is 0.857 bits per heavy atom. The Morgan fingerprint density at radius 2 is 1.43 bits per heavy atom. The minimum atomic E-state index is -0.0217. The van der Waals surface area contributed by atoms with E-state index in [0.717, 1.165) is 12.2 Å². The zero-order valence-corrected chi connectivity index (χ0v) is 12.5. The van der Waals surface area contributed by atoms with Crippen molar-refractivity contribution in [3.05, 3.63) is 59.7 Å². The van der Waals surface area contributed by atoms with Crippen LogP contribution in [0.5, 0.6) is 11.5 Å². The molecule has 0 aliphatic carbocycles. The number of Topliss-reactive ketones (excluding diaryl/α,β-unsaturated/α-hetero) is 1. The molecule has 0 amide bonds. The number of hydrogen-bond donors (Lipinski definition) is 0. The van der Waals surface area contributed by atoms with Gasteiger partial charge in [0, 0.05) is 5.56 Å². The second-order valence-corrected chi connectivity index (χ2v) is 4.67. The van der Waals surface area contributed by atoms with Gasteiger partial charge in [0.2, 0.25) is 0 Å². The van der Waals surface area contributed by atoms with Crippen molar-refractivity contribution in [3.63, 3.8) is 0 Å². The van der Waals surface area contributed by atoms with Gasteiger partial charge in [-0.2, -0.15) is 0 Å². The molecule has 2 aromatic rings. The van der Waals surface area contributed by atoms with Crippen molar-refractivity contribution < 1.29 is 14.3 Å². The highest BCUT2D eigenvalue weighted by molar-refractivity contribution is 5.97. The number of ether oxygens (including phenoxy) is 2. The smallest absolute Gasteiger partial charge is 0.200 e. The molecule has 0 spiro atoms. The number of aryl methyl sites for hydroxylation is 1. The molecule has 0 N–H and O–H groups in total. The Labute approximate surface area is 125 Å². The fraction of sp³-hybridized carbons (Fsp3) is 0.278. The lowest BCUT2D eigenvalue weighted by Gasteiger charge is -2.07. The van der Waals surface area contributed by atoms with E-state index in [1.54, 1.807) is 12.1 Å². The van der Waals surface area contributed by atoms with Gasteiger partial charge in [0.05, 0.1) is 6.61 Å². The van der Waals surface area contributed by atoms with Crippen LogP contribution in [0, 0.1) is 0 Å². The molecule has 3 nitrogen and oxygen atoms in total. The van der Waals surface area contributed by atoms with Crippen LogP contribution in [-0.4, -0.2) is 19.0 Å². The Bertz CT molecular complexity index is 570. The molecule has 0 aliphatic heterocycles. The van der Waals surface area contributed by atoms with Gasteiger partial charge in [-0.3, -0.25) is 4.79 Å². The van der Waals surface area contributed by atoms with E-state index < -0.39 is 0 Å². The SMILES string of the molecule is CCOc1ccc(OCC(=O)c2ccc(CC)cc2)cc1. The second-order valence-electron chi connectivity index (χ2n) is 4.67. The predicted octanol–water partition coefficient (Wildman–Crippen LogP) is 3.91. The van der Waals surface area contributed by atoms with Crippen LogP contribution in [0.1, 0.15) is 29.8 Å². The van der Waals surface area contributed by atoms with E-state index in [4.69, 9.17) is 9.47 Å². The molecule has 0 unspecified atom stereocenters. The predicted molar refractivity (Wildman–Crippen MR) is 83.3 cm³/mol. The van der Waals surface area contributed by atoms with Crippen molar-refractivity contribution in [1.29, 1.82) is 0 Å². The molecule has 0 saturated carbocycles. The van der Waals surface area contributed by atoms with Crippen molar-refractivity contribution in [2.24, 2.45) is 0 Å². The summed E-state index contributed by atoms with van der Waals surface area (Å²) in [5.74, 6) is 1.44. The molecule has 0 fully saturated rings. The summed E-state index contributed by atoms with van der Waals surface area (Å²) in [6, 6.07) is 14.9. The minimum absolute atomic E-state index is 0.0217. The summed E-state index contributed by atoms with van der Waals surface area (Å²) < 4.78 is 10.9. The van der Waals surface area contributed by atoms with Crippen LogP contribution in [-0.2, 0) is 6.42 Å². The summed E-state index contributed by atoms with van der Waals surface area (Å²) in [6.45, 7) is 4.70. The standard InChI is InChI=1S/C18H20O3/c1-3-14-5-7-15(8-6-14)18(19)13-21-17-11-9-16(10-12-17)20-4-2/h5-12H,3-4,13H2,1-2H3. The van der Waals surface area contributed by atoms with Gasteiger partial charge in [-0.25, -0.2) is 0 Å². The first kappa shape index (κ1) is 15.1. The second kappa shape index (κ2) is 7.48. The van der Waals surface area contributed by atoms with Gasteiger partial charge in [-0.05, 0) is 43.2 Å². The Morgan fingerprint density at radius 3 is 1.95 bits per heavy atom. The van der Waals surface area contributed by atoms with Crippen LogP contribution in [0.15, 0.2) is 48.5 Å². The highest BCUT2D eigenvalue weighted by Crippen LogP contribution is 2.17. The number of carbonyl (C=O) groups excluding carboxylic acids is 1. The highest BCUT2D eigenvalue weighted by Gasteiger charge is 2.07. The van der Waals surface area contributed by atoms with E-state index in [1.165, 1.54) is 5.56 Å². The summed E-state index contributed by atoms with van der Waals surface area (Å²) in [5, 5.41) is 0. The average molecular weight is 284 g/mol. The molecule has 110 valence electrons. The van der Waals surface area contributed by atoms with E-state index in [9.17, 15) is 4.79 Å². The lowest BCUT2D eigenvalue weighted by molar-refractivity contribution is 0.0921. The van der Waals surface area contributed by atoms with Crippen LogP contribution < -0.4 is 9.47 Å². The lowest BCUT2D eigenvalue weighted by atomic mass is 10.1. The van der Waals surface area contributed by atoms with Gasteiger partial charge >= 0.3 is 0 Å².